The normalized spacial score (nSPS) is 14.8. The third kappa shape index (κ3) is 4.70. The van der Waals surface area contributed by atoms with Gasteiger partial charge in [0.1, 0.15) is 5.75 Å². The number of phenols is 1. The van der Waals surface area contributed by atoms with E-state index < -0.39 is 0 Å². The lowest BCUT2D eigenvalue weighted by Crippen LogP contribution is -2.25. The second-order valence-electron chi connectivity index (χ2n) is 9.95. The minimum absolute atomic E-state index is 0.0443. The van der Waals surface area contributed by atoms with Crippen molar-refractivity contribution in [2.75, 3.05) is 6.67 Å². The Bertz CT molecular complexity index is 841. The quantitative estimate of drug-likeness (QED) is 0.735. The first-order chi connectivity index (χ1) is 13.0. The first kappa shape index (κ1) is 20.3. The molecule has 0 bridgehead atoms. The van der Waals surface area contributed by atoms with Gasteiger partial charge < -0.3 is 14.9 Å². The summed E-state index contributed by atoms with van der Waals surface area (Å²) < 4.78 is 0. The topological polar surface area (TPSA) is 26.7 Å². The highest BCUT2D eigenvalue weighted by Crippen LogP contribution is 2.38. The average molecular weight is 379 g/mol. The Balaban J connectivity index is 1.80. The van der Waals surface area contributed by atoms with Crippen molar-refractivity contribution < 1.29 is 5.11 Å². The van der Waals surface area contributed by atoms with Gasteiger partial charge in [-0.25, -0.2) is 0 Å². The van der Waals surface area contributed by atoms with Gasteiger partial charge in [-0.15, -0.1) is 0 Å². The number of phenolic OH excluding ortho intramolecular Hbond substituents is 1. The Morgan fingerprint density at radius 1 is 0.821 bits per heavy atom. The second-order valence-corrected chi connectivity index (χ2v) is 9.95. The lowest BCUT2D eigenvalue weighted by atomic mass is 9.79. The molecule has 0 amide bonds. The van der Waals surface area contributed by atoms with Gasteiger partial charge in [-0.3, -0.25) is 0 Å². The predicted molar refractivity (Wildman–Crippen MR) is 117 cm³/mol. The molecule has 2 aromatic carbocycles. The third-order valence-corrected chi connectivity index (χ3v) is 5.32. The Hall–Kier alpha value is -2.42. The summed E-state index contributed by atoms with van der Waals surface area (Å²) >= 11 is 0. The Kier molecular flexibility index (Phi) is 5.47. The van der Waals surface area contributed by atoms with Crippen LogP contribution in [0.15, 0.2) is 54.9 Å². The molecule has 150 valence electrons. The first-order valence-electron chi connectivity index (χ1n) is 10.1. The Labute approximate surface area is 170 Å². The van der Waals surface area contributed by atoms with Crippen molar-refractivity contribution in [3.8, 4) is 5.75 Å². The van der Waals surface area contributed by atoms with Crippen LogP contribution in [0.5, 0.6) is 5.75 Å². The maximum Gasteiger partial charge on any atom is 0.124 e. The fourth-order valence-corrected chi connectivity index (χ4v) is 3.58. The van der Waals surface area contributed by atoms with Gasteiger partial charge in [0.25, 0.3) is 0 Å². The summed E-state index contributed by atoms with van der Waals surface area (Å²) in [4.78, 5) is 4.56. The minimum atomic E-state index is -0.0969. The van der Waals surface area contributed by atoms with Crippen LogP contribution >= 0.6 is 0 Å². The van der Waals surface area contributed by atoms with Crippen LogP contribution < -0.4 is 0 Å². The van der Waals surface area contributed by atoms with Gasteiger partial charge in [-0.1, -0.05) is 77.9 Å². The zero-order chi connectivity index (χ0) is 20.5. The predicted octanol–water partition coefficient (Wildman–Crippen LogP) is 5.73. The molecule has 1 aliphatic rings. The van der Waals surface area contributed by atoms with E-state index in [2.05, 4.69) is 100 Å². The van der Waals surface area contributed by atoms with Crippen LogP contribution in [0.1, 0.15) is 63.8 Å². The molecular weight excluding hydrogens is 344 g/mol. The zero-order valence-electron chi connectivity index (χ0n) is 18.2. The van der Waals surface area contributed by atoms with Crippen molar-refractivity contribution in [1.82, 2.24) is 9.80 Å². The molecule has 0 aromatic heterocycles. The number of hydrogen-bond donors (Lipinski definition) is 1. The van der Waals surface area contributed by atoms with Gasteiger partial charge in [-0.2, -0.15) is 0 Å². The summed E-state index contributed by atoms with van der Waals surface area (Å²) in [7, 11) is 0. The van der Waals surface area contributed by atoms with Crippen LogP contribution in [0.2, 0.25) is 0 Å². The zero-order valence-corrected chi connectivity index (χ0v) is 18.2. The molecule has 0 saturated heterocycles. The van der Waals surface area contributed by atoms with Crippen molar-refractivity contribution in [1.29, 1.82) is 0 Å². The summed E-state index contributed by atoms with van der Waals surface area (Å²) in [6.45, 7) is 15.6. The lowest BCUT2D eigenvalue weighted by molar-refractivity contribution is 0.252. The fraction of sp³-hybridized carbons (Fsp3) is 0.440. The van der Waals surface area contributed by atoms with Crippen LogP contribution in [0.4, 0.5) is 0 Å². The summed E-state index contributed by atoms with van der Waals surface area (Å²) in [5.74, 6) is 0.440. The molecule has 2 aromatic rings. The highest BCUT2D eigenvalue weighted by atomic mass is 16.3. The largest absolute Gasteiger partial charge is 0.507 e. The summed E-state index contributed by atoms with van der Waals surface area (Å²) in [6, 6.07) is 14.9. The van der Waals surface area contributed by atoms with Crippen LogP contribution in [-0.4, -0.2) is 21.6 Å². The molecule has 0 unspecified atom stereocenters. The molecule has 3 nitrogen and oxygen atoms in total. The van der Waals surface area contributed by atoms with Gasteiger partial charge in [0, 0.05) is 31.1 Å². The number of nitrogens with zero attached hydrogens (tertiary/aromatic N) is 2. The molecule has 1 N–H and O–H groups in total. The van der Waals surface area contributed by atoms with Crippen molar-refractivity contribution in [2.45, 2.75) is 65.5 Å². The van der Waals surface area contributed by atoms with E-state index in [9.17, 15) is 5.11 Å². The molecule has 0 spiro atoms. The van der Waals surface area contributed by atoms with E-state index in [4.69, 9.17) is 0 Å². The number of aromatic hydroxyl groups is 1. The third-order valence-electron chi connectivity index (χ3n) is 5.32. The maximum atomic E-state index is 11.0. The smallest absolute Gasteiger partial charge is 0.124 e. The maximum absolute atomic E-state index is 11.0. The lowest BCUT2D eigenvalue weighted by Gasteiger charge is -2.29. The molecule has 0 saturated carbocycles. The molecule has 1 aliphatic heterocycles. The molecule has 0 radical (unpaired) electrons. The van der Waals surface area contributed by atoms with Gasteiger partial charge >= 0.3 is 0 Å². The van der Waals surface area contributed by atoms with E-state index in [1.807, 2.05) is 6.07 Å². The van der Waals surface area contributed by atoms with Crippen molar-refractivity contribution in [2.24, 2.45) is 0 Å². The van der Waals surface area contributed by atoms with E-state index in [-0.39, 0.29) is 10.8 Å². The average Bonchev–Trinajstić information content (AvgIpc) is 3.02. The molecule has 28 heavy (non-hydrogen) atoms. The van der Waals surface area contributed by atoms with Gasteiger partial charge in [-0.05, 0) is 33.6 Å². The van der Waals surface area contributed by atoms with Crippen LogP contribution in [0.3, 0.4) is 0 Å². The van der Waals surface area contributed by atoms with E-state index in [1.165, 1.54) is 11.1 Å². The summed E-state index contributed by atoms with van der Waals surface area (Å²) in [6.07, 6.45) is 4.27. The number of hydrogen-bond acceptors (Lipinski definition) is 3. The Morgan fingerprint density at radius 2 is 1.43 bits per heavy atom. The van der Waals surface area contributed by atoms with Crippen molar-refractivity contribution in [3.05, 3.63) is 77.1 Å². The molecular formula is C25H34N2O. The monoisotopic (exact) mass is 378 g/mol. The van der Waals surface area contributed by atoms with Crippen LogP contribution in [0.25, 0.3) is 0 Å². The minimum Gasteiger partial charge on any atom is -0.507 e. The van der Waals surface area contributed by atoms with E-state index >= 15 is 0 Å². The first-order valence-corrected chi connectivity index (χ1v) is 10.1. The summed E-state index contributed by atoms with van der Waals surface area (Å²) in [5.41, 5.74) is 4.56. The van der Waals surface area contributed by atoms with Crippen LogP contribution in [-0.2, 0) is 23.9 Å². The fourth-order valence-electron chi connectivity index (χ4n) is 3.58. The highest BCUT2D eigenvalue weighted by molar-refractivity contribution is 5.48. The molecule has 0 atom stereocenters. The molecule has 3 heteroatoms. The molecule has 1 heterocycles. The van der Waals surface area contributed by atoms with Crippen molar-refractivity contribution in [3.63, 3.8) is 0 Å². The van der Waals surface area contributed by atoms with Gasteiger partial charge in [0.05, 0.1) is 6.67 Å². The summed E-state index contributed by atoms with van der Waals surface area (Å²) in [5, 5.41) is 11.0. The van der Waals surface area contributed by atoms with Gasteiger partial charge in [0.2, 0.25) is 0 Å². The Morgan fingerprint density at radius 3 is 2.00 bits per heavy atom. The van der Waals surface area contributed by atoms with E-state index in [0.29, 0.717) is 12.3 Å². The molecule has 0 aliphatic carbocycles. The molecule has 0 fully saturated rings. The van der Waals surface area contributed by atoms with E-state index in [0.717, 1.165) is 24.3 Å². The van der Waals surface area contributed by atoms with Gasteiger partial charge in [0.15, 0.2) is 0 Å². The van der Waals surface area contributed by atoms with E-state index in [1.54, 1.807) is 0 Å². The van der Waals surface area contributed by atoms with Crippen molar-refractivity contribution >= 4 is 0 Å². The SMILES string of the molecule is CC(C)(C)c1cc(CN2C=CN(Cc3ccccc3)C2)c(O)c(C(C)(C)C)c1. The number of benzene rings is 2. The number of rotatable bonds is 4. The standard InChI is InChI=1S/C25H34N2O/c1-24(2,3)21-14-20(23(28)22(15-21)25(4,5)6)17-27-13-12-26(18-27)16-19-10-8-7-9-11-19/h7-15,28H,16-18H2,1-6H3. The van der Waals surface area contributed by atoms with Crippen LogP contribution in [0, 0.1) is 0 Å². The highest BCUT2D eigenvalue weighted by Gasteiger charge is 2.26. The second kappa shape index (κ2) is 7.54. The molecule has 3 rings (SSSR count).